The second-order valence-electron chi connectivity index (χ2n) is 5.15. The second kappa shape index (κ2) is 5.40. The Morgan fingerprint density at radius 1 is 1.33 bits per heavy atom. The Bertz CT molecular complexity index is 740. The summed E-state index contributed by atoms with van der Waals surface area (Å²) >= 11 is 0. The van der Waals surface area contributed by atoms with Crippen LogP contribution in [0.25, 0.3) is 5.65 Å². The third kappa shape index (κ3) is 2.94. The Morgan fingerprint density at radius 3 is 2.90 bits per heavy atom. The molecule has 6 nitrogen and oxygen atoms in total. The van der Waals surface area contributed by atoms with E-state index in [-0.39, 0.29) is 11.9 Å². The number of fused-ring (bicyclic) bond motifs is 1. The van der Waals surface area contributed by atoms with Gasteiger partial charge in [0.15, 0.2) is 0 Å². The van der Waals surface area contributed by atoms with Gasteiger partial charge in [-0.3, -0.25) is 9.48 Å². The largest absolute Gasteiger partial charge is 0.346 e. The zero-order valence-corrected chi connectivity index (χ0v) is 12.0. The van der Waals surface area contributed by atoms with E-state index < -0.39 is 0 Å². The van der Waals surface area contributed by atoms with Gasteiger partial charge in [-0.05, 0) is 32.0 Å². The van der Waals surface area contributed by atoms with Gasteiger partial charge in [-0.15, -0.1) is 0 Å². The van der Waals surface area contributed by atoms with Crippen molar-refractivity contribution in [2.24, 2.45) is 0 Å². The molecule has 1 atom stereocenters. The smallest absolute Gasteiger partial charge is 0.271 e. The van der Waals surface area contributed by atoms with E-state index in [1.165, 1.54) is 0 Å². The molecule has 1 unspecified atom stereocenters. The average Bonchev–Trinajstić information content (AvgIpc) is 3.04. The van der Waals surface area contributed by atoms with Crippen LogP contribution in [-0.2, 0) is 6.54 Å². The molecule has 1 N–H and O–H groups in total. The Hall–Kier alpha value is -2.63. The average molecular weight is 283 g/mol. The van der Waals surface area contributed by atoms with E-state index in [2.05, 4.69) is 15.4 Å². The molecular formula is C15H17N5O. The van der Waals surface area contributed by atoms with Gasteiger partial charge in [-0.25, -0.2) is 4.98 Å². The highest BCUT2D eigenvalue weighted by molar-refractivity contribution is 5.93. The summed E-state index contributed by atoms with van der Waals surface area (Å²) in [4.78, 5) is 16.5. The molecule has 0 saturated heterocycles. The van der Waals surface area contributed by atoms with Gasteiger partial charge in [0, 0.05) is 24.6 Å². The molecule has 3 heterocycles. The molecule has 0 spiro atoms. The molecule has 0 aromatic carbocycles. The van der Waals surface area contributed by atoms with Gasteiger partial charge >= 0.3 is 0 Å². The third-order valence-corrected chi connectivity index (χ3v) is 3.21. The normalized spacial score (nSPS) is 12.5. The van der Waals surface area contributed by atoms with E-state index in [9.17, 15) is 4.79 Å². The molecule has 0 bridgehead atoms. The molecule has 3 aromatic rings. The van der Waals surface area contributed by atoms with E-state index in [1.54, 1.807) is 6.20 Å². The highest BCUT2D eigenvalue weighted by atomic mass is 16.2. The number of hydrogen-bond acceptors (Lipinski definition) is 3. The highest BCUT2D eigenvalue weighted by Crippen LogP contribution is 2.05. The van der Waals surface area contributed by atoms with Crippen molar-refractivity contribution in [3.8, 4) is 0 Å². The molecule has 3 rings (SSSR count). The summed E-state index contributed by atoms with van der Waals surface area (Å²) in [6, 6.07) is 7.58. The fourth-order valence-electron chi connectivity index (χ4n) is 2.23. The monoisotopic (exact) mass is 283 g/mol. The van der Waals surface area contributed by atoms with Gasteiger partial charge in [-0.2, -0.15) is 5.10 Å². The number of hydrogen-bond donors (Lipinski definition) is 1. The maximum absolute atomic E-state index is 12.2. The maximum atomic E-state index is 12.2. The van der Waals surface area contributed by atoms with Gasteiger partial charge in [0.05, 0.1) is 12.2 Å². The highest BCUT2D eigenvalue weighted by Gasteiger charge is 2.13. The summed E-state index contributed by atoms with van der Waals surface area (Å²) in [6.45, 7) is 4.52. The van der Waals surface area contributed by atoms with Crippen LogP contribution >= 0.6 is 0 Å². The summed E-state index contributed by atoms with van der Waals surface area (Å²) in [5.74, 6) is -0.171. The fourth-order valence-corrected chi connectivity index (χ4v) is 2.23. The quantitative estimate of drug-likeness (QED) is 0.792. The number of aromatic nitrogens is 4. The number of aryl methyl sites for hydroxylation is 1. The lowest BCUT2D eigenvalue weighted by Crippen LogP contribution is -2.36. The summed E-state index contributed by atoms with van der Waals surface area (Å²) < 4.78 is 3.65. The standard InChI is InChI=1S/C15H17N5O/c1-11-6-8-20(18-11)9-12(2)16-15(21)13-10-19-7-4-3-5-14(19)17-13/h3-8,10,12H,9H2,1-2H3,(H,16,21). The minimum absolute atomic E-state index is 0.0263. The van der Waals surface area contributed by atoms with E-state index in [0.717, 1.165) is 11.3 Å². The lowest BCUT2D eigenvalue weighted by Gasteiger charge is -2.12. The first-order valence-corrected chi connectivity index (χ1v) is 6.86. The maximum Gasteiger partial charge on any atom is 0.271 e. The number of amides is 1. The first-order valence-electron chi connectivity index (χ1n) is 6.86. The van der Waals surface area contributed by atoms with Crippen molar-refractivity contribution in [1.29, 1.82) is 0 Å². The molecule has 1 amide bonds. The first kappa shape index (κ1) is 13.4. The van der Waals surface area contributed by atoms with Gasteiger partial charge in [0.25, 0.3) is 5.91 Å². The molecule has 0 aliphatic carbocycles. The van der Waals surface area contributed by atoms with Gasteiger partial charge in [0.2, 0.25) is 0 Å². The number of nitrogens with one attached hydrogen (secondary N) is 1. The molecule has 0 fully saturated rings. The van der Waals surface area contributed by atoms with Crippen LogP contribution in [0.4, 0.5) is 0 Å². The zero-order valence-electron chi connectivity index (χ0n) is 12.0. The number of carbonyl (C=O) groups is 1. The van der Waals surface area contributed by atoms with Crippen molar-refractivity contribution < 1.29 is 4.79 Å². The second-order valence-corrected chi connectivity index (χ2v) is 5.15. The Balaban J connectivity index is 1.67. The van der Waals surface area contributed by atoms with Crippen LogP contribution in [0.2, 0.25) is 0 Å². The molecule has 0 saturated carbocycles. The van der Waals surface area contributed by atoms with E-state index in [0.29, 0.717) is 12.2 Å². The van der Waals surface area contributed by atoms with Crippen LogP contribution in [0, 0.1) is 6.92 Å². The SMILES string of the molecule is Cc1ccn(CC(C)NC(=O)c2cn3ccccc3n2)n1. The van der Waals surface area contributed by atoms with Gasteiger partial charge in [0.1, 0.15) is 11.3 Å². The van der Waals surface area contributed by atoms with Crippen LogP contribution in [0.15, 0.2) is 42.9 Å². The van der Waals surface area contributed by atoms with Gasteiger partial charge < -0.3 is 9.72 Å². The Morgan fingerprint density at radius 2 is 2.19 bits per heavy atom. The van der Waals surface area contributed by atoms with Crippen molar-refractivity contribution in [3.05, 3.63) is 54.2 Å². The van der Waals surface area contributed by atoms with Crippen molar-refractivity contribution in [3.63, 3.8) is 0 Å². The van der Waals surface area contributed by atoms with E-state index in [4.69, 9.17) is 0 Å². The third-order valence-electron chi connectivity index (χ3n) is 3.21. The predicted octanol–water partition coefficient (Wildman–Crippen LogP) is 1.66. The van der Waals surface area contributed by atoms with E-state index >= 15 is 0 Å². The molecule has 3 aromatic heterocycles. The van der Waals surface area contributed by atoms with Gasteiger partial charge in [-0.1, -0.05) is 6.07 Å². The topological polar surface area (TPSA) is 64.2 Å². The van der Waals surface area contributed by atoms with Crippen LogP contribution in [-0.4, -0.2) is 31.1 Å². The lowest BCUT2D eigenvalue weighted by atomic mass is 10.3. The minimum atomic E-state index is -0.171. The molecule has 0 aliphatic rings. The zero-order chi connectivity index (χ0) is 14.8. The molecule has 108 valence electrons. The lowest BCUT2D eigenvalue weighted by molar-refractivity contribution is 0.0931. The summed E-state index contributed by atoms with van der Waals surface area (Å²) in [5, 5.41) is 7.25. The van der Waals surface area contributed by atoms with Crippen LogP contribution < -0.4 is 5.32 Å². The van der Waals surface area contributed by atoms with Crippen molar-refractivity contribution in [1.82, 2.24) is 24.5 Å². The Labute approximate surface area is 122 Å². The predicted molar refractivity (Wildman–Crippen MR) is 79.1 cm³/mol. The van der Waals surface area contributed by atoms with Crippen LogP contribution in [0.5, 0.6) is 0 Å². The molecular weight excluding hydrogens is 266 g/mol. The van der Waals surface area contributed by atoms with Crippen LogP contribution in [0.1, 0.15) is 23.1 Å². The molecule has 6 heteroatoms. The molecule has 0 radical (unpaired) electrons. The summed E-state index contributed by atoms with van der Waals surface area (Å²) in [7, 11) is 0. The number of nitrogens with zero attached hydrogens (tertiary/aromatic N) is 4. The number of carbonyl (C=O) groups excluding carboxylic acids is 1. The molecule has 0 aliphatic heterocycles. The number of rotatable bonds is 4. The fraction of sp³-hybridized carbons (Fsp3) is 0.267. The van der Waals surface area contributed by atoms with E-state index in [1.807, 2.05) is 59.6 Å². The molecule has 21 heavy (non-hydrogen) atoms. The first-order chi connectivity index (χ1) is 10.1. The number of pyridine rings is 1. The van der Waals surface area contributed by atoms with Crippen LogP contribution in [0.3, 0.4) is 0 Å². The Kier molecular flexibility index (Phi) is 3.43. The number of imidazole rings is 1. The summed E-state index contributed by atoms with van der Waals surface area (Å²) in [5.41, 5.74) is 2.15. The minimum Gasteiger partial charge on any atom is -0.346 e. The van der Waals surface area contributed by atoms with Crippen molar-refractivity contribution >= 4 is 11.6 Å². The van der Waals surface area contributed by atoms with Crippen molar-refractivity contribution in [2.75, 3.05) is 0 Å². The summed E-state index contributed by atoms with van der Waals surface area (Å²) in [6.07, 6.45) is 5.51. The van der Waals surface area contributed by atoms with Crippen molar-refractivity contribution in [2.45, 2.75) is 26.4 Å².